The summed E-state index contributed by atoms with van der Waals surface area (Å²) in [5.74, 6) is -1.00. The van der Waals surface area contributed by atoms with E-state index in [1.807, 2.05) is 30.3 Å². The number of carbonyl (C=O) groups excluding carboxylic acids is 1. The molecule has 0 fully saturated rings. The molecule has 2 unspecified atom stereocenters. The number of likely N-dealkylation sites (N-methyl/N-ethyl adjacent to an activating group) is 1. The smallest absolute Gasteiger partial charge is 0.303 e. The average molecular weight is 264 g/mol. The average Bonchev–Trinajstić information content (AvgIpc) is 2.42. The number of amides is 1. The molecule has 0 aliphatic carbocycles. The van der Waals surface area contributed by atoms with Gasteiger partial charge in [-0.25, -0.2) is 0 Å². The van der Waals surface area contributed by atoms with Crippen molar-refractivity contribution >= 4 is 11.9 Å². The van der Waals surface area contributed by atoms with E-state index in [9.17, 15) is 9.59 Å². The van der Waals surface area contributed by atoms with Gasteiger partial charge in [-0.05, 0) is 26.0 Å². The molecule has 0 aromatic heterocycles. The van der Waals surface area contributed by atoms with Gasteiger partial charge in [0.05, 0.1) is 12.1 Å². The maximum atomic E-state index is 11.9. The Balaban J connectivity index is 2.75. The SMILES string of the molecule is CNC(C)C(=O)NC(CCC(=O)O)c1ccccc1. The van der Waals surface area contributed by atoms with Crippen LogP contribution < -0.4 is 10.6 Å². The molecule has 1 aromatic carbocycles. The van der Waals surface area contributed by atoms with Crippen molar-refractivity contribution in [2.24, 2.45) is 0 Å². The molecular formula is C14H20N2O3. The standard InChI is InChI=1S/C14H20N2O3/c1-10(15-2)14(19)16-12(8-9-13(17)18)11-6-4-3-5-7-11/h3-7,10,12,15H,8-9H2,1-2H3,(H,16,19)(H,17,18). The highest BCUT2D eigenvalue weighted by Gasteiger charge is 2.18. The molecular weight excluding hydrogens is 244 g/mol. The lowest BCUT2D eigenvalue weighted by Crippen LogP contribution is -2.42. The fourth-order valence-corrected chi connectivity index (χ4v) is 1.70. The summed E-state index contributed by atoms with van der Waals surface area (Å²) in [6.07, 6.45) is 0.398. The van der Waals surface area contributed by atoms with E-state index < -0.39 is 5.97 Å². The van der Waals surface area contributed by atoms with E-state index in [1.54, 1.807) is 14.0 Å². The van der Waals surface area contributed by atoms with Crippen LogP contribution in [0.1, 0.15) is 31.4 Å². The van der Waals surface area contributed by atoms with E-state index in [0.29, 0.717) is 6.42 Å². The van der Waals surface area contributed by atoms with Gasteiger partial charge in [0.2, 0.25) is 5.91 Å². The largest absolute Gasteiger partial charge is 0.481 e. The summed E-state index contributed by atoms with van der Waals surface area (Å²) < 4.78 is 0. The lowest BCUT2D eigenvalue weighted by Gasteiger charge is -2.21. The highest BCUT2D eigenvalue weighted by Crippen LogP contribution is 2.18. The molecule has 5 heteroatoms. The van der Waals surface area contributed by atoms with Crippen LogP contribution in [-0.4, -0.2) is 30.1 Å². The Morgan fingerprint density at radius 2 is 1.89 bits per heavy atom. The Labute approximate surface area is 113 Å². The summed E-state index contributed by atoms with van der Waals surface area (Å²) in [6.45, 7) is 1.76. The molecule has 0 aliphatic heterocycles. The van der Waals surface area contributed by atoms with Crippen molar-refractivity contribution in [3.05, 3.63) is 35.9 Å². The summed E-state index contributed by atoms with van der Waals surface area (Å²) in [5, 5.41) is 14.5. The van der Waals surface area contributed by atoms with E-state index in [-0.39, 0.29) is 24.4 Å². The molecule has 1 aromatic rings. The van der Waals surface area contributed by atoms with Crippen LogP contribution in [0.4, 0.5) is 0 Å². The third-order valence-corrected chi connectivity index (χ3v) is 2.99. The zero-order valence-electron chi connectivity index (χ0n) is 11.2. The molecule has 19 heavy (non-hydrogen) atoms. The summed E-state index contributed by atoms with van der Waals surface area (Å²) in [7, 11) is 1.71. The molecule has 3 N–H and O–H groups in total. The zero-order valence-corrected chi connectivity index (χ0v) is 11.2. The first kappa shape index (κ1) is 15.2. The maximum absolute atomic E-state index is 11.9. The summed E-state index contributed by atoms with van der Waals surface area (Å²) >= 11 is 0. The van der Waals surface area contributed by atoms with Gasteiger partial charge in [0.1, 0.15) is 0 Å². The normalized spacial score (nSPS) is 13.6. The highest BCUT2D eigenvalue weighted by atomic mass is 16.4. The molecule has 0 heterocycles. The van der Waals surface area contributed by atoms with Gasteiger partial charge in [-0.15, -0.1) is 0 Å². The van der Waals surface area contributed by atoms with E-state index in [4.69, 9.17) is 5.11 Å². The lowest BCUT2D eigenvalue weighted by atomic mass is 10.0. The Morgan fingerprint density at radius 1 is 1.26 bits per heavy atom. The molecule has 1 amide bonds. The van der Waals surface area contributed by atoms with E-state index >= 15 is 0 Å². The van der Waals surface area contributed by atoms with Crippen LogP contribution in [0.3, 0.4) is 0 Å². The van der Waals surface area contributed by atoms with Gasteiger partial charge >= 0.3 is 5.97 Å². The molecule has 5 nitrogen and oxygen atoms in total. The van der Waals surface area contributed by atoms with Gasteiger partial charge in [-0.3, -0.25) is 9.59 Å². The summed E-state index contributed by atoms with van der Waals surface area (Å²) in [5.41, 5.74) is 0.917. The predicted octanol–water partition coefficient (Wildman–Crippen LogP) is 1.32. The highest BCUT2D eigenvalue weighted by molar-refractivity contribution is 5.81. The lowest BCUT2D eigenvalue weighted by molar-refractivity contribution is -0.137. The minimum absolute atomic E-state index is 0.0216. The first-order valence-corrected chi connectivity index (χ1v) is 6.29. The van der Waals surface area contributed by atoms with Crippen LogP contribution in [0.25, 0.3) is 0 Å². The van der Waals surface area contributed by atoms with Crippen molar-refractivity contribution in [3.8, 4) is 0 Å². The number of nitrogens with one attached hydrogen (secondary N) is 2. The van der Waals surface area contributed by atoms with Gasteiger partial charge in [0.15, 0.2) is 0 Å². The van der Waals surface area contributed by atoms with Gasteiger partial charge in [0, 0.05) is 6.42 Å². The fraction of sp³-hybridized carbons (Fsp3) is 0.429. The monoisotopic (exact) mass is 264 g/mol. The molecule has 104 valence electrons. The van der Waals surface area contributed by atoms with Gasteiger partial charge < -0.3 is 15.7 Å². The van der Waals surface area contributed by atoms with Crippen LogP contribution in [0.5, 0.6) is 0 Å². The molecule has 0 radical (unpaired) electrons. The van der Waals surface area contributed by atoms with E-state index in [1.165, 1.54) is 0 Å². The van der Waals surface area contributed by atoms with Crippen molar-refractivity contribution in [2.75, 3.05) is 7.05 Å². The molecule has 0 aliphatic rings. The number of hydrogen-bond acceptors (Lipinski definition) is 3. The third kappa shape index (κ3) is 5.09. The Bertz CT molecular complexity index is 420. The Morgan fingerprint density at radius 3 is 2.42 bits per heavy atom. The number of carboxylic acids is 1. The number of carbonyl (C=O) groups is 2. The predicted molar refractivity (Wildman–Crippen MR) is 72.7 cm³/mol. The second kappa shape index (κ2) is 7.53. The van der Waals surface area contributed by atoms with Crippen LogP contribution in [-0.2, 0) is 9.59 Å². The number of carboxylic acid groups (broad SMARTS) is 1. The second-order valence-corrected chi connectivity index (χ2v) is 4.41. The number of benzene rings is 1. The Hall–Kier alpha value is -1.88. The Kier molecular flexibility index (Phi) is 6.02. The fourth-order valence-electron chi connectivity index (χ4n) is 1.70. The van der Waals surface area contributed by atoms with Gasteiger partial charge in [0.25, 0.3) is 0 Å². The van der Waals surface area contributed by atoms with Crippen LogP contribution in [0.15, 0.2) is 30.3 Å². The van der Waals surface area contributed by atoms with Crippen LogP contribution in [0, 0.1) is 0 Å². The van der Waals surface area contributed by atoms with Crippen molar-refractivity contribution in [1.29, 1.82) is 0 Å². The molecule has 0 bridgehead atoms. The van der Waals surface area contributed by atoms with Crippen molar-refractivity contribution in [2.45, 2.75) is 31.8 Å². The molecule has 2 atom stereocenters. The minimum atomic E-state index is -0.864. The van der Waals surface area contributed by atoms with Crippen molar-refractivity contribution in [1.82, 2.24) is 10.6 Å². The molecule has 0 saturated heterocycles. The quantitative estimate of drug-likeness (QED) is 0.694. The first-order valence-electron chi connectivity index (χ1n) is 6.29. The minimum Gasteiger partial charge on any atom is -0.481 e. The summed E-state index contributed by atoms with van der Waals surface area (Å²) in [6, 6.07) is 8.81. The zero-order chi connectivity index (χ0) is 14.3. The molecule has 0 saturated carbocycles. The van der Waals surface area contributed by atoms with E-state index in [0.717, 1.165) is 5.56 Å². The number of rotatable bonds is 7. The molecule has 1 rings (SSSR count). The molecule has 0 spiro atoms. The topological polar surface area (TPSA) is 78.4 Å². The third-order valence-electron chi connectivity index (χ3n) is 2.99. The van der Waals surface area contributed by atoms with Crippen LogP contribution in [0.2, 0.25) is 0 Å². The van der Waals surface area contributed by atoms with Crippen LogP contribution >= 0.6 is 0 Å². The van der Waals surface area contributed by atoms with E-state index in [2.05, 4.69) is 10.6 Å². The van der Waals surface area contributed by atoms with Crippen molar-refractivity contribution in [3.63, 3.8) is 0 Å². The first-order chi connectivity index (χ1) is 9.04. The second-order valence-electron chi connectivity index (χ2n) is 4.41. The van der Waals surface area contributed by atoms with Gasteiger partial charge in [-0.1, -0.05) is 30.3 Å². The van der Waals surface area contributed by atoms with Gasteiger partial charge in [-0.2, -0.15) is 0 Å². The summed E-state index contributed by atoms with van der Waals surface area (Å²) in [4.78, 5) is 22.6. The van der Waals surface area contributed by atoms with Crippen molar-refractivity contribution < 1.29 is 14.7 Å². The number of hydrogen-bond donors (Lipinski definition) is 3. The number of aliphatic carboxylic acids is 1. The maximum Gasteiger partial charge on any atom is 0.303 e.